The Morgan fingerprint density at radius 2 is 2.58 bits per heavy atom. The minimum atomic E-state index is -0.303. The van der Waals surface area contributed by atoms with Crippen LogP contribution < -0.4 is 5.73 Å². The van der Waals surface area contributed by atoms with Gasteiger partial charge in [0.2, 0.25) is 5.91 Å². The maximum Gasteiger partial charge on any atom is 0.247 e. The monoisotopic (exact) mass is 204 g/mol. The van der Waals surface area contributed by atoms with E-state index in [1.165, 1.54) is 0 Å². The number of β-lactam (4-membered cyclic amide) rings is 1. The molecule has 0 bridgehead atoms. The van der Waals surface area contributed by atoms with Crippen molar-refractivity contribution in [2.75, 3.05) is 11.6 Å². The third-order valence-corrected chi connectivity index (χ3v) is 3.80. The summed E-state index contributed by atoms with van der Waals surface area (Å²) in [6, 6.07) is -0.303. The molecule has 12 heavy (non-hydrogen) atoms. The van der Waals surface area contributed by atoms with E-state index in [9.17, 15) is 4.79 Å². The highest BCUT2D eigenvalue weighted by Gasteiger charge is 2.45. The molecule has 2 heterocycles. The van der Waals surface area contributed by atoms with Gasteiger partial charge in [-0.1, -0.05) is 0 Å². The number of rotatable bonds is 1. The lowest BCUT2D eigenvalue weighted by Crippen LogP contribution is -2.66. The van der Waals surface area contributed by atoms with E-state index in [4.69, 9.17) is 17.3 Å². The molecule has 3 nitrogen and oxygen atoms in total. The number of carbonyl (C=O) groups is 1. The van der Waals surface area contributed by atoms with Gasteiger partial charge in [-0.15, -0.1) is 23.4 Å². The summed E-state index contributed by atoms with van der Waals surface area (Å²) in [5.74, 6) is 1.40. The fraction of sp³-hybridized carbons (Fsp3) is 0.571. The van der Waals surface area contributed by atoms with Crippen LogP contribution in [0.25, 0.3) is 0 Å². The predicted octanol–water partition coefficient (Wildman–Crippen LogP) is 0.351. The van der Waals surface area contributed by atoms with Crippen molar-refractivity contribution in [3.05, 3.63) is 11.8 Å². The van der Waals surface area contributed by atoms with E-state index < -0.39 is 0 Å². The molecule has 0 aromatic rings. The average Bonchev–Trinajstić information content (AvgIpc) is 2.15. The van der Waals surface area contributed by atoms with Crippen molar-refractivity contribution in [1.29, 1.82) is 0 Å². The fourth-order valence-electron chi connectivity index (χ4n) is 1.33. The summed E-state index contributed by atoms with van der Waals surface area (Å²) < 4.78 is 0. The van der Waals surface area contributed by atoms with Gasteiger partial charge in [0.15, 0.2) is 0 Å². The topological polar surface area (TPSA) is 46.3 Å². The molecule has 2 rings (SSSR count). The number of nitrogens with two attached hydrogens (primary N) is 1. The highest BCUT2D eigenvalue weighted by Crippen LogP contribution is 2.34. The van der Waals surface area contributed by atoms with Crippen molar-refractivity contribution in [3.8, 4) is 0 Å². The number of amides is 1. The van der Waals surface area contributed by atoms with Gasteiger partial charge in [0, 0.05) is 17.8 Å². The minimum absolute atomic E-state index is 0.00909. The third-order valence-electron chi connectivity index (χ3n) is 2.05. The molecule has 2 aliphatic heterocycles. The van der Waals surface area contributed by atoms with Crippen LogP contribution in [-0.4, -0.2) is 33.9 Å². The molecule has 0 aromatic carbocycles. The van der Waals surface area contributed by atoms with Crippen molar-refractivity contribution >= 4 is 29.3 Å². The Balaban J connectivity index is 2.15. The molecular formula is C7H9ClN2OS. The maximum absolute atomic E-state index is 11.2. The van der Waals surface area contributed by atoms with Crippen molar-refractivity contribution in [1.82, 2.24) is 4.90 Å². The number of hydrogen-bond acceptors (Lipinski definition) is 3. The molecule has 0 aromatic heterocycles. The molecule has 1 saturated heterocycles. The zero-order chi connectivity index (χ0) is 8.72. The number of fused-ring (bicyclic) bond motifs is 1. The second-order valence-corrected chi connectivity index (χ2v) is 4.27. The summed E-state index contributed by atoms with van der Waals surface area (Å²) in [6.45, 7) is 0. The van der Waals surface area contributed by atoms with Gasteiger partial charge in [0.25, 0.3) is 0 Å². The lowest BCUT2D eigenvalue weighted by Gasteiger charge is -2.45. The Bertz CT molecular complexity index is 256. The predicted molar refractivity (Wildman–Crippen MR) is 49.9 cm³/mol. The molecule has 2 N–H and O–H groups in total. The first-order valence-corrected chi connectivity index (χ1v) is 5.27. The van der Waals surface area contributed by atoms with Crippen molar-refractivity contribution in [2.45, 2.75) is 11.4 Å². The lowest BCUT2D eigenvalue weighted by atomic mass is 10.1. The van der Waals surface area contributed by atoms with Gasteiger partial charge in [0.05, 0.1) is 0 Å². The Morgan fingerprint density at radius 1 is 1.83 bits per heavy atom. The molecule has 1 unspecified atom stereocenters. The van der Waals surface area contributed by atoms with Gasteiger partial charge in [-0.25, -0.2) is 0 Å². The van der Waals surface area contributed by atoms with Crippen LogP contribution in [0.15, 0.2) is 11.8 Å². The van der Waals surface area contributed by atoms with E-state index in [0.29, 0.717) is 5.88 Å². The molecule has 0 radical (unpaired) electrons. The van der Waals surface area contributed by atoms with E-state index in [0.717, 1.165) is 11.3 Å². The zero-order valence-corrected chi connectivity index (χ0v) is 7.94. The van der Waals surface area contributed by atoms with Crippen LogP contribution in [0.3, 0.4) is 0 Å². The molecule has 0 spiro atoms. The van der Waals surface area contributed by atoms with Gasteiger partial charge in [-0.2, -0.15) is 0 Å². The van der Waals surface area contributed by atoms with Crippen LogP contribution in [0, 0.1) is 0 Å². The number of hydrogen-bond donors (Lipinski definition) is 1. The maximum atomic E-state index is 11.2. The summed E-state index contributed by atoms with van der Waals surface area (Å²) in [4.78, 5) is 12.8. The summed E-state index contributed by atoms with van der Waals surface area (Å²) in [5.41, 5.74) is 6.68. The van der Waals surface area contributed by atoms with Crippen LogP contribution in [0.2, 0.25) is 0 Å². The van der Waals surface area contributed by atoms with Gasteiger partial charge >= 0.3 is 0 Å². The molecular weight excluding hydrogens is 196 g/mol. The van der Waals surface area contributed by atoms with Crippen LogP contribution >= 0.6 is 23.4 Å². The van der Waals surface area contributed by atoms with E-state index >= 15 is 0 Å². The first-order valence-electron chi connectivity index (χ1n) is 3.69. The van der Waals surface area contributed by atoms with Crippen LogP contribution in [0.4, 0.5) is 0 Å². The van der Waals surface area contributed by atoms with Crippen molar-refractivity contribution in [2.24, 2.45) is 5.73 Å². The van der Waals surface area contributed by atoms with E-state index in [-0.39, 0.29) is 17.3 Å². The second kappa shape index (κ2) is 2.94. The Labute approximate surface area is 79.9 Å². The molecule has 1 fully saturated rings. The molecule has 2 aliphatic rings. The number of nitrogens with zero attached hydrogens (tertiary/aromatic N) is 1. The normalized spacial score (nSPS) is 34.0. The Hall–Kier alpha value is -0.190. The lowest BCUT2D eigenvalue weighted by molar-refractivity contribution is -0.140. The first kappa shape index (κ1) is 8.41. The average molecular weight is 205 g/mol. The highest BCUT2D eigenvalue weighted by molar-refractivity contribution is 8.00. The molecule has 2 atom stereocenters. The largest absolute Gasteiger partial charge is 0.317 e. The van der Waals surface area contributed by atoms with Gasteiger partial charge < -0.3 is 10.6 Å². The summed E-state index contributed by atoms with van der Waals surface area (Å²) >= 11 is 7.34. The molecule has 0 saturated carbocycles. The Kier molecular flexibility index (Phi) is 2.06. The van der Waals surface area contributed by atoms with Crippen LogP contribution in [-0.2, 0) is 4.79 Å². The number of halogens is 1. The number of alkyl halides is 1. The van der Waals surface area contributed by atoms with Crippen molar-refractivity contribution < 1.29 is 4.79 Å². The fourth-order valence-corrected chi connectivity index (χ4v) is 2.82. The van der Waals surface area contributed by atoms with Crippen molar-refractivity contribution in [3.63, 3.8) is 0 Å². The SMILES string of the molecule is NC1C(=O)N2C=C(CCl)CS[C@@H]12. The Morgan fingerprint density at radius 3 is 3.25 bits per heavy atom. The van der Waals surface area contributed by atoms with Crippen LogP contribution in [0.5, 0.6) is 0 Å². The minimum Gasteiger partial charge on any atom is -0.317 e. The summed E-state index contributed by atoms with van der Waals surface area (Å²) in [7, 11) is 0. The van der Waals surface area contributed by atoms with Crippen LogP contribution in [0.1, 0.15) is 0 Å². The second-order valence-electron chi connectivity index (χ2n) is 2.89. The summed E-state index contributed by atoms with van der Waals surface area (Å²) in [5, 5.41) is 0.157. The van der Waals surface area contributed by atoms with E-state index in [2.05, 4.69) is 0 Å². The van der Waals surface area contributed by atoms with Gasteiger partial charge in [-0.05, 0) is 5.57 Å². The van der Waals surface area contributed by atoms with Gasteiger partial charge in [-0.3, -0.25) is 4.79 Å². The molecule has 1 amide bonds. The molecule has 0 aliphatic carbocycles. The highest BCUT2D eigenvalue weighted by atomic mass is 35.5. The number of carbonyl (C=O) groups excluding carboxylic acids is 1. The molecule has 66 valence electrons. The van der Waals surface area contributed by atoms with E-state index in [1.807, 2.05) is 6.20 Å². The third kappa shape index (κ3) is 1.06. The standard InChI is InChI=1S/C7H9ClN2OS/c8-1-4-2-10-6(11)5(9)7(10)12-3-4/h2,5,7H,1,3,9H2/t5?,7-/m0/s1. The number of thioether (sulfide) groups is 1. The smallest absolute Gasteiger partial charge is 0.247 e. The molecule has 5 heteroatoms. The summed E-state index contributed by atoms with van der Waals surface area (Å²) in [6.07, 6.45) is 1.83. The van der Waals surface area contributed by atoms with Gasteiger partial charge in [0.1, 0.15) is 11.4 Å². The quantitative estimate of drug-likeness (QED) is 0.496. The van der Waals surface area contributed by atoms with E-state index in [1.54, 1.807) is 16.7 Å². The zero-order valence-electron chi connectivity index (χ0n) is 6.37. The first-order chi connectivity index (χ1) is 5.74.